The maximum absolute atomic E-state index is 11.3. The molecule has 0 atom stereocenters. The third kappa shape index (κ3) is 3.23. The second-order valence-corrected chi connectivity index (χ2v) is 4.52. The van der Waals surface area contributed by atoms with Gasteiger partial charge in [-0.15, -0.1) is 0 Å². The van der Waals surface area contributed by atoms with Crippen molar-refractivity contribution in [2.75, 3.05) is 24.2 Å². The molecule has 0 unspecified atom stereocenters. The molecule has 0 spiro atoms. The fourth-order valence-electron chi connectivity index (χ4n) is 1.84. The molecule has 0 aliphatic rings. The van der Waals surface area contributed by atoms with E-state index in [0.717, 1.165) is 13.0 Å². The van der Waals surface area contributed by atoms with Crippen molar-refractivity contribution in [3.8, 4) is 0 Å². The number of pyridine rings is 2. The Kier molecular flexibility index (Phi) is 4.14. The van der Waals surface area contributed by atoms with Crippen molar-refractivity contribution in [2.24, 2.45) is 5.73 Å². The second kappa shape index (κ2) is 6.01. The van der Waals surface area contributed by atoms with E-state index in [9.17, 15) is 4.79 Å². The first kappa shape index (κ1) is 13.8. The van der Waals surface area contributed by atoms with Gasteiger partial charge >= 0.3 is 0 Å². The number of anilines is 2. The minimum Gasteiger partial charge on any atom is -0.397 e. The highest BCUT2D eigenvalue weighted by molar-refractivity contribution is 5.98. The van der Waals surface area contributed by atoms with E-state index >= 15 is 0 Å². The number of likely N-dealkylation sites (N-methyl/N-ethyl adjacent to an activating group) is 1. The van der Waals surface area contributed by atoms with Gasteiger partial charge in [0.25, 0.3) is 5.91 Å². The van der Waals surface area contributed by atoms with E-state index in [4.69, 9.17) is 11.5 Å². The van der Waals surface area contributed by atoms with Gasteiger partial charge in [0.1, 0.15) is 5.82 Å². The molecule has 0 saturated carbocycles. The van der Waals surface area contributed by atoms with Gasteiger partial charge < -0.3 is 16.4 Å². The van der Waals surface area contributed by atoms with Crippen LogP contribution < -0.4 is 16.4 Å². The fraction of sp³-hybridized carbons (Fsp3) is 0.214. The van der Waals surface area contributed by atoms with Crippen molar-refractivity contribution in [3.05, 3.63) is 47.9 Å². The molecule has 6 heteroatoms. The normalized spacial score (nSPS) is 10.2. The molecular weight excluding hydrogens is 254 g/mol. The molecule has 6 nitrogen and oxygen atoms in total. The summed E-state index contributed by atoms with van der Waals surface area (Å²) in [5, 5.41) is 0. The highest BCUT2D eigenvalue weighted by atomic mass is 16.1. The van der Waals surface area contributed by atoms with E-state index in [2.05, 4.69) is 9.97 Å². The van der Waals surface area contributed by atoms with E-state index in [1.54, 1.807) is 18.5 Å². The lowest BCUT2D eigenvalue weighted by atomic mass is 10.2. The summed E-state index contributed by atoms with van der Waals surface area (Å²) in [5.74, 6) is 0.121. The maximum atomic E-state index is 11.3. The summed E-state index contributed by atoms with van der Waals surface area (Å²) in [4.78, 5) is 21.4. The Balaban J connectivity index is 2.07. The largest absolute Gasteiger partial charge is 0.397 e. The summed E-state index contributed by atoms with van der Waals surface area (Å²) in [6.45, 7) is 0.763. The van der Waals surface area contributed by atoms with Crippen LogP contribution in [-0.2, 0) is 6.42 Å². The molecule has 0 fully saturated rings. The molecule has 104 valence electrons. The van der Waals surface area contributed by atoms with Gasteiger partial charge in [0.2, 0.25) is 0 Å². The number of nitrogens with two attached hydrogens (primary N) is 2. The van der Waals surface area contributed by atoms with Gasteiger partial charge in [0, 0.05) is 26.0 Å². The van der Waals surface area contributed by atoms with Crippen LogP contribution in [0.3, 0.4) is 0 Å². The average molecular weight is 271 g/mol. The molecule has 2 rings (SSSR count). The number of rotatable bonds is 5. The molecule has 20 heavy (non-hydrogen) atoms. The highest BCUT2D eigenvalue weighted by Gasteiger charge is 2.10. The first-order valence-corrected chi connectivity index (χ1v) is 6.23. The Hall–Kier alpha value is -2.63. The SMILES string of the molecule is CN(CCc1ccncc1)c1cc(C(N)=O)c(N)cn1. The fourth-order valence-corrected chi connectivity index (χ4v) is 1.84. The van der Waals surface area contributed by atoms with Gasteiger partial charge in [-0.2, -0.15) is 0 Å². The van der Waals surface area contributed by atoms with Crippen LogP contribution >= 0.6 is 0 Å². The highest BCUT2D eigenvalue weighted by Crippen LogP contribution is 2.17. The number of amides is 1. The van der Waals surface area contributed by atoms with Crippen LogP contribution in [0.15, 0.2) is 36.8 Å². The lowest BCUT2D eigenvalue weighted by Crippen LogP contribution is -2.23. The van der Waals surface area contributed by atoms with E-state index in [1.165, 1.54) is 11.8 Å². The van der Waals surface area contributed by atoms with Crippen LogP contribution in [-0.4, -0.2) is 29.5 Å². The van der Waals surface area contributed by atoms with Crippen LogP contribution in [0, 0.1) is 0 Å². The maximum Gasteiger partial charge on any atom is 0.250 e. The molecule has 0 radical (unpaired) electrons. The predicted octanol–water partition coefficient (Wildman–Crippen LogP) is 0.837. The van der Waals surface area contributed by atoms with E-state index in [0.29, 0.717) is 17.1 Å². The Bertz CT molecular complexity index is 600. The molecule has 2 aromatic heterocycles. The number of hydrogen-bond donors (Lipinski definition) is 2. The minimum atomic E-state index is -0.548. The number of nitrogen functional groups attached to an aromatic ring is 1. The van der Waals surface area contributed by atoms with Crippen molar-refractivity contribution in [1.82, 2.24) is 9.97 Å². The van der Waals surface area contributed by atoms with Gasteiger partial charge in [-0.25, -0.2) is 4.98 Å². The molecule has 0 aliphatic carbocycles. The molecular formula is C14H17N5O. The second-order valence-electron chi connectivity index (χ2n) is 4.52. The van der Waals surface area contributed by atoms with Gasteiger partial charge in [-0.3, -0.25) is 9.78 Å². The van der Waals surface area contributed by atoms with Crippen LogP contribution in [0.5, 0.6) is 0 Å². The van der Waals surface area contributed by atoms with Gasteiger partial charge in [-0.05, 0) is 30.2 Å². The average Bonchev–Trinajstić information content (AvgIpc) is 2.46. The Morgan fingerprint density at radius 1 is 1.35 bits per heavy atom. The molecule has 0 aromatic carbocycles. The van der Waals surface area contributed by atoms with E-state index in [-0.39, 0.29) is 0 Å². The monoisotopic (exact) mass is 271 g/mol. The molecule has 0 bridgehead atoms. The van der Waals surface area contributed by atoms with Gasteiger partial charge in [0.15, 0.2) is 0 Å². The van der Waals surface area contributed by atoms with Crippen molar-refractivity contribution in [3.63, 3.8) is 0 Å². The molecule has 0 aliphatic heterocycles. The molecule has 2 heterocycles. The number of carbonyl (C=O) groups excluding carboxylic acids is 1. The standard InChI is InChI=1S/C14H17N5O/c1-19(7-4-10-2-5-17-6-3-10)13-8-11(14(16)20)12(15)9-18-13/h2-3,5-6,8-9H,4,7,15H2,1H3,(H2,16,20). The Morgan fingerprint density at radius 2 is 2.05 bits per heavy atom. The van der Waals surface area contributed by atoms with Crippen molar-refractivity contribution in [1.29, 1.82) is 0 Å². The van der Waals surface area contributed by atoms with Crippen LogP contribution in [0.1, 0.15) is 15.9 Å². The minimum absolute atomic E-state index is 0.295. The topological polar surface area (TPSA) is 98.1 Å². The first-order chi connectivity index (χ1) is 9.58. The summed E-state index contributed by atoms with van der Waals surface area (Å²) in [5.41, 5.74) is 12.7. The predicted molar refractivity (Wildman–Crippen MR) is 78.4 cm³/mol. The molecule has 2 aromatic rings. The zero-order chi connectivity index (χ0) is 14.5. The van der Waals surface area contributed by atoms with E-state index in [1.807, 2.05) is 24.1 Å². The molecule has 4 N–H and O–H groups in total. The lowest BCUT2D eigenvalue weighted by molar-refractivity contribution is 0.100. The van der Waals surface area contributed by atoms with Crippen LogP contribution in [0.2, 0.25) is 0 Å². The van der Waals surface area contributed by atoms with Crippen LogP contribution in [0.25, 0.3) is 0 Å². The van der Waals surface area contributed by atoms with Crippen molar-refractivity contribution < 1.29 is 4.79 Å². The lowest BCUT2D eigenvalue weighted by Gasteiger charge is -2.19. The van der Waals surface area contributed by atoms with Crippen molar-refractivity contribution in [2.45, 2.75) is 6.42 Å². The molecule has 1 amide bonds. The van der Waals surface area contributed by atoms with Gasteiger partial charge in [-0.1, -0.05) is 0 Å². The number of hydrogen-bond acceptors (Lipinski definition) is 5. The summed E-state index contributed by atoms with van der Waals surface area (Å²) in [6, 6.07) is 5.56. The zero-order valence-corrected chi connectivity index (χ0v) is 11.3. The van der Waals surface area contributed by atoms with Crippen LogP contribution in [0.4, 0.5) is 11.5 Å². The number of carbonyl (C=O) groups is 1. The zero-order valence-electron chi connectivity index (χ0n) is 11.3. The Labute approximate surface area is 117 Å². The quantitative estimate of drug-likeness (QED) is 0.839. The third-order valence-electron chi connectivity index (χ3n) is 3.06. The smallest absolute Gasteiger partial charge is 0.250 e. The number of aromatic nitrogens is 2. The van der Waals surface area contributed by atoms with Gasteiger partial charge in [0.05, 0.1) is 17.4 Å². The first-order valence-electron chi connectivity index (χ1n) is 6.23. The number of nitrogens with zero attached hydrogens (tertiary/aromatic N) is 3. The Morgan fingerprint density at radius 3 is 2.70 bits per heavy atom. The summed E-state index contributed by atoms with van der Waals surface area (Å²) in [6.07, 6.45) is 5.85. The summed E-state index contributed by atoms with van der Waals surface area (Å²) in [7, 11) is 1.91. The third-order valence-corrected chi connectivity index (χ3v) is 3.06. The molecule has 0 saturated heterocycles. The van der Waals surface area contributed by atoms with E-state index < -0.39 is 5.91 Å². The number of primary amides is 1. The summed E-state index contributed by atoms with van der Waals surface area (Å²) >= 11 is 0. The summed E-state index contributed by atoms with van der Waals surface area (Å²) < 4.78 is 0. The van der Waals surface area contributed by atoms with Crippen molar-refractivity contribution >= 4 is 17.4 Å².